The number of benzene rings is 2. The highest BCUT2D eigenvalue weighted by Crippen LogP contribution is 2.25. The van der Waals surface area contributed by atoms with Gasteiger partial charge in [-0.15, -0.1) is 0 Å². The number of amides is 1. The summed E-state index contributed by atoms with van der Waals surface area (Å²) in [6.45, 7) is 3.05. The number of hydrogen-bond donors (Lipinski definition) is 1. The van der Waals surface area contributed by atoms with Crippen LogP contribution in [0.15, 0.2) is 58.3 Å². The molecule has 1 atom stereocenters. The molecule has 186 valence electrons. The topological polar surface area (TPSA) is 113 Å². The van der Waals surface area contributed by atoms with Gasteiger partial charge in [-0.1, -0.05) is 12.1 Å². The maximum Gasteiger partial charge on any atom is 0.243 e. The summed E-state index contributed by atoms with van der Waals surface area (Å²) < 4.78 is 58.3. The fourth-order valence-electron chi connectivity index (χ4n) is 3.72. The third-order valence-electron chi connectivity index (χ3n) is 5.70. The second-order valence-corrected chi connectivity index (χ2v) is 12.3. The van der Waals surface area contributed by atoms with Gasteiger partial charge in [0.1, 0.15) is 5.75 Å². The Morgan fingerprint density at radius 2 is 1.65 bits per heavy atom. The fourth-order valence-corrected chi connectivity index (χ4v) is 6.15. The summed E-state index contributed by atoms with van der Waals surface area (Å²) >= 11 is 0. The lowest BCUT2D eigenvalue weighted by molar-refractivity contribution is -0.126. The summed E-state index contributed by atoms with van der Waals surface area (Å²) in [5, 5.41) is 2.85. The van der Waals surface area contributed by atoms with Crippen molar-refractivity contribution >= 4 is 26.0 Å². The summed E-state index contributed by atoms with van der Waals surface area (Å²) in [5.74, 6) is -0.0825. The van der Waals surface area contributed by atoms with Gasteiger partial charge in [-0.3, -0.25) is 4.79 Å². The molecule has 0 saturated carbocycles. The second-order valence-electron chi connectivity index (χ2n) is 8.26. The van der Waals surface area contributed by atoms with Crippen LogP contribution in [0.3, 0.4) is 0 Å². The maximum atomic E-state index is 13.1. The SMILES string of the molecule is CCOc1ccc(S(=O)(=O)N2CCC[C@@H](C(=O)NCc3ccc(S(=O)(=O)N(C)C)cc3)C2)cc1. The van der Waals surface area contributed by atoms with Crippen molar-refractivity contribution < 1.29 is 26.4 Å². The molecular formula is C23H31N3O6S2. The summed E-state index contributed by atoms with van der Waals surface area (Å²) in [5.41, 5.74) is 0.751. The predicted molar refractivity (Wildman–Crippen MR) is 128 cm³/mol. The van der Waals surface area contributed by atoms with Crippen LogP contribution in [0.2, 0.25) is 0 Å². The lowest BCUT2D eigenvalue weighted by Crippen LogP contribution is -2.45. The van der Waals surface area contributed by atoms with Crippen molar-refractivity contribution in [2.45, 2.75) is 36.1 Å². The number of nitrogens with zero attached hydrogens (tertiary/aromatic N) is 2. The predicted octanol–water partition coefficient (Wildman–Crippen LogP) is 2.05. The first-order valence-electron chi connectivity index (χ1n) is 11.1. The summed E-state index contributed by atoms with van der Waals surface area (Å²) in [4.78, 5) is 13.1. The maximum absolute atomic E-state index is 13.1. The molecule has 1 aliphatic heterocycles. The number of hydrogen-bond acceptors (Lipinski definition) is 6. The number of carbonyl (C=O) groups excluding carboxylic acids is 1. The molecule has 1 aliphatic rings. The summed E-state index contributed by atoms with van der Waals surface area (Å²) in [7, 11) is -4.30. The number of carbonyl (C=O) groups is 1. The molecule has 0 unspecified atom stereocenters. The summed E-state index contributed by atoms with van der Waals surface area (Å²) in [6, 6.07) is 12.6. The molecule has 11 heteroatoms. The molecule has 0 aromatic heterocycles. The van der Waals surface area contributed by atoms with E-state index in [0.717, 1.165) is 9.87 Å². The Balaban J connectivity index is 1.61. The normalized spacial score (nSPS) is 17.5. The third kappa shape index (κ3) is 5.96. The van der Waals surface area contributed by atoms with Crippen LogP contribution in [-0.4, -0.2) is 65.1 Å². The van der Waals surface area contributed by atoms with Crippen molar-refractivity contribution in [3.8, 4) is 5.75 Å². The van der Waals surface area contributed by atoms with Crippen LogP contribution in [0.1, 0.15) is 25.3 Å². The molecule has 1 fully saturated rings. The molecule has 2 aromatic rings. The van der Waals surface area contributed by atoms with E-state index in [1.54, 1.807) is 24.3 Å². The minimum atomic E-state index is -3.72. The van der Waals surface area contributed by atoms with E-state index in [9.17, 15) is 21.6 Å². The molecule has 3 rings (SSSR count). The standard InChI is InChI=1S/C23H31N3O6S2/c1-4-32-20-9-13-22(14-10-20)34(30,31)26-15-5-6-19(17-26)23(27)24-16-18-7-11-21(12-8-18)33(28,29)25(2)3/h7-14,19H,4-6,15-17H2,1-3H3,(H,24,27)/t19-/m1/s1. The van der Waals surface area contributed by atoms with Gasteiger partial charge in [0, 0.05) is 33.7 Å². The Labute approximate surface area is 201 Å². The van der Waals surface area contributed by atoms with Crippen molar-refractivity contribution in [1.82, 2.24) is 13.9 Å². The third-order valence-corrected chi connectivity index (χ3v) is 9.40. The van der Waals surface area contributed by atoms with Crippen molar-refractivity contribution in [3.63, 3.8) is 0 Å². The zero-order valence-electron chi connectivity index (χ0n) is 19.6. The van der Waals surface area contributed by atoms with E-state index >= 15 is 0 Å². The Hall–Kier alpha value is -2.47. The molecule has 1 heterocycles. The van der Waals surface area contributed by atoms with Crippen LogP contribution in [0.4, 0.5) is 0 Å². The molecule has 2 aromatic carbocycles. The first kappa shape index (κ1) is 26.1. The van der Waals surface area contributed by atoms with Gasteiger partial charge >= 0.3 is 0 Å². The van der Waals surface area contributed by atoms with Crippen LogP contribution < -0.4 is 10.1 Å². The number of ether oxygens (including phenoxy) is 1. The highest BCUT2D eigenvalue weighted by atomic mass is 32.2. The molecule has 0 bridgehead atoms. The highest BCUT2D eigenvalue weighted by molar-refractivity contribution is 7.89. The molecule has 34 heavy (non-hydrogen) atoms. The van der Waals surface area contributed by atoms with E-state index in [1.807, 2.05) is 6.92 Å². The molecule has 0 aliphatic carbocycles. The zero-order valence-corrected chi connectivity index (χ0v) is 21.2. The van der Waals surface area contributed by atoms with Crippen LogP contribution >= 0.6 is 0 Å². The lowest BCUT2D eigenvalue weighted by atomic mass is 9.99. The number of piperidine rings is 1. The molecule has 9 nitrogen and oxygen atoms in total. The molecule has 1 saturated heterocycles. The Morgan fingerprint density at radius 1 is 1.03 bits per heavy atom. The van der Waals surface area contributed by atoms with E-state index < -0.39 is 26.0 Å². The van der Waals surface area contributed by atoms with E-state index in [1.165, 1.54) is 42.7 Å². The Kier molecular flexibility index (Phi) is 8.34. The largest absolute Gasteiger partial charge is 0.494 e. The summed E-state index contributed by atoms with van der Waals surface area (Å²) in [6.07, 6.45) is 1.19. The Morgan fingerprint density at radius 3 is 2.24 bits per heavy atom. The first-order chi connectivity index (χ1) is 16.1. The lowest BCUT2D eigenvalue weighted by Gasteiger charge is -2.31. The smallest absolute Gasteiger partial charge is 0.243 e. The minimum Gasteiger partial charge on any atom is -0.494 e. The monoisotopic (exact) mass is 509 g/mol. The average molecular weight is 510 g/mol. The van der Waals surface area contributed by atoms with Crippen LogP contribution in [-0.2, 0) is 31.4 Å². The number of sulfonamides is 2. The molecular weight excluding hydrogens is 478 g/mol. The van der Waals surface area contributed by atoms with Crippen molar-refractivity contribution in [1.29, 1.82) is 0 Å². The number of rotatable bonds is 9. The van der Waals surface area contributed by atoms with Gasteiger partial charge in [-0.05, 0) is 61.7 Å². The van der Waals surface area contributed by atoms with Crippen LogP contribution in [0, 0.1) is 5.92 Å². The van der Waals surface area contributed by atoms with Gasteiger partial charge < -0.3 is 10.1 Å². The zero-order chi connectivity index (χ0) is 24.9. The highest BCUT2D eigenvalue weighted by Gasteiger charge is 2.33. The number of nitrogens with one attached hydrogen (secondary N) is 1. The van der Waals surface area contributed by atoms with E-state index in [2.05, 4.69) is 5.32 Å². The molecule has 1 N–H and O–H groups in total. The van der Waals surface area contributed by atoms with Crippen LogP contribution in [0.5, 0.6) is 5.75 Å². The van der Waals surface area contributed by atoms with Gasteiger partial charge in [0.2, 0.25) is 26.0 Å². The fraction of sp³-hybridized carbons (Fsp3) is 0.435. The van der Waals surface area contributed by atoms with Gasteiger partial charge in [0.25, 0.3) is 0 Å². The van der Waals surface area contributed by atoms with Crippen molar-refractivity contribution in [2.24, 2.45) is 5.92 Å². The average Bonchev–Trinajstić information content (AvgIpc) is 2.83. The van der Waals surface area contributed by atoms with E-state index in [-0.39, 0.29) is 28.8 Å². The van der Waals surface area contributed by atoms with Gasteiger partial charge in [0.15, 0.2) is 0 Å². The second kappa shape index (κ2) is 10.9. The van der Waals surface area contributed by atoms with Crippen molar-refractivity contribution in [3.05, 3.63) is 54.1 Å². The molecule has 0 radical (unpaired) electrons. The minimum absolute atomic E-state index is 0.112. The van der Waals surface area contributed by atoms with Crippen molar-refractivity contribution in [2.75, 3.05) is 33.8 Å². The van der Waals surface area contributed by atoms with E-state index in [4.69, 9.17) is 4.74 Å². The quantitative estimate of drug-likeness (QED) is 0.554. The molecule has 1 amide bonds. The Bertz CT molecular complexity index is 1190. The first-order valence-corrected chi connectivity index (χ1v) is 14.0. The van der Waals surface area contributed by atoms with Crippen LogP contribution in [0.25, 0.3) is 0 Å². The van der Waals surface area contributed by atoms with Gasteiger partial charge in [-0.25, -0.2) is 21.1 Å². The van der Waals surface area contributed by atoms with Gasteiger partial charge in [-0.2, -0.15) is 4.31 Å². The van der Waals surface area contributed by atoms with E-state index in [0.29, 0.717) is 31.7 Å². The van der Waals surface area contributed by atoms with Gasteiger partial charge in [0.05, 0.1) is 22.3 Å². The molecule has 0 spiro atoms.